The number of hydrogen-bond donors (Lipinski definition) is 2. The molecule has 1 aromatic carbocycles. The van der Waals surface area contributed by atoms with Crippen LogP contribution < -0.4 is 15.8 Å². The lowest BCUT2D eigenvalue weighted by molar-refractivity contribution is -0.143. The normalized spacial score (nSPS) is 15.6. The van der Waals surface area contributed by atoms with Crippen LogP contribution in [0.15, 0.2) is 23.2 Å². The number of nitrogens with one attached hydrogen (secondary N) is 1. The first-order chi connectivity index (χ1) is 18.3. The maximum absolute atomic E-state index is 14.8. The van der Waals surface area contributed by atoms with Gasteiger partial charge in [0.05, 0.1) is 13.7 Å². The molecule has 0 spiro atoms. The molecule has 3 N–H and O–H groups in total. The van der Waals surface area contributed by atoms with Crippen LogP contribution in [0.1, 0.15) is 65.9 Å². The van der Waals surface area contributed by atoms with Crippen molar-refractivity contribution in [2.45, 2.75) is 78.4 Å². The molecule has 1 aliphatic heterocycles. The number of ether oxygens (including phenoxy) is 3. The molecule has 0 aliphatic carbocycles. The van der Waals surface area contributed by atoms with Crippen LogP contribution >= 0.6 is 0 Å². The summed E-state index contributed by atoms with van der Waals surface area (Å²) in [4.78, 5) is 42.2. The summed E-state index contributed by atoms with van der Waals surface area (Å²) in [6.07, 6.45) is 2.63. The van der Waals surface area contributed by atoms with Crippen molar-refractivity contribution in [3.8, 4) is 5.75 Å². The Morgan fingerprint density at radius 2 is 1.87 bits per heavy atom. The number of urea groups is 1. The minimum atomic E-state index is -1.10. The van der Waals surface area contributed by atoms with E-state index in [2.05, 4.69) is 10.3 Å². The lowest BCUT2D eigenvalue weighted by atomic mass is 9.92. The number of rotatable bonds is 10. The van der Waals surface area contributed by atoms with E-state index >= 15 is 0 Å². The third kappa shape index (κ3) is 11.1. The predicted molar refractivity (Wildman–Crippen MR) is 146 cm³/mol. The number of aliphatic imine (C=N–C) groups is 1. The maximum atomic E-state index is 14.8. The highest BCUT2D eigenvalue weighted by atomic mass is 19.1. The zero-order valence-electron chi connectivity index (χ0n) is 23.9. The lowest BCUT2D eigenvalue weighted by Crippen LogP contribution is -2.45. The Labute approximate surface area is 230 Å². The molecule has 3 amide bonds. The molecule has 2 rings (SSSR count). The first-order valence-corrected chi connectivity index (χ1v) is 13.4. The van der Waals surface area contributed by atoms with Crippen LogP contribution in [-0.2, 0) is 20.7 Å². The highest BCUT2D eigenvalue weighted by Crippen LogP contribution is 2.24. The summed E-state index contributed by atoms with van der Waals surface area (Å²) in [5.41, 5.74) is 5.28. The van der Waals surface area contributed by atoms with Gasteiger partial charge in [-0.1, -0.05) is 19.9 Å². The van der Waals surface area contributed by atoms with Crippen LogP contribution in [0.4, 0.5) is 14.0 Å². The van der Waals surface area contributed by atoms with Crippen molar-refractivity contribution in [3.63, 3.8) is 0 Å². The third-order valence-corrected chi connectivity index (χ3v) is 6.35. The number of hydrogen-bond acceptors (Lipinski definition) is 6. The molecule has 1 saturated heterocycles. The van der Waals surface area contributed by atoms with Crippen molar-refractivity contribution < 1.29 is 33.0 Å². The second-order valence-corrected chi connectivity index (χ2v) is 11.1. The maximum Gasteiger partial charge on any atom is 0.408 e. The highest BCUT2D eigenvalue weighted by Gasteiger charge is 2.27. The summed E-state index contributed by atoms with van der Waals surface area (Å²) < 4.78 is 30.5. The Morgan fingerprint density at radius 1 is 1.21 bits per heavy atom. The van der Waals surface area contributed by atoms with Crippen LogP contribution in [0.5, 0.6) is 5.75 Å². The SMILES string of the molecule is COC(=O)C(Cc1ccc(OCCCC2CCN(C(=O)N=C(N)C(C)C)CC2)cc1F)NC(=O)OC(C)(C)C. The van der Waals surface area contributed by atoms with Gasteiger partial charge in [0.15, 0.2) is 0 Å². The minimum Gasteiger partial charge on any atom is -0.493 e. The van der Waals surface area contributed by atoms with E-state index in [1.54, 1.807) is 31.7 Å². The van der Waals surface area contributed by atoms with E-state index in [0.29, 0.717) is 37.2 Å². The van der Waals surface area contributed by atoms with Crippen molar-refractivity contribution in [1.29, 1.82) is 0 Å². The molecular formula is C28H43FN4O6. The summed E-state index contributed by atoms with van der Waals surface area (Å²) in [7, 11) is 1.20. The molecule has 0 radical (unpaired) electrons. The first-order valence-electron chi connectivity index (χ1n) is 13.4. The van der Waals surface area contributed by atoms with Gasteiger partial charge in [-0.3, -0.25) is 0 Å². The summed E-state index contributed by atoms with van der Waals surface area (Å²) in [5, 5.41) is 2.44. The number of alkyl carbamates (subject to hydrolysis) is 1. The number of likely N-dealkylation sites (tertiary alicyclic amines) is 1. The average Bonchev–Trinajstić information content (AvgIpc) is 2.86. The minimum absolute atomic E-state index is 0.0362. The second-order valence-electron chi connectivity index (χ2n) is 11.1. The number of halogens is 1. The van der Waals surface area contributed by atoms with E-state index in [1.165, 1.54) is 19.2 Å². The number of nitrogens with zero attached hydrogens (tertiary/aromatic N) is 2. The molecule has 1 aliphatic rings. The summed E-state index contributed by atoms with van der Waals surface area (Å²) in [5.74, 6) is -0.00472. The Bertz CT molecular complexity index is 1020. The zero-order valence-corrected chi connectivity index (χ0v) is 23.9. The molecule has 11 heteroatoms. The fourth-order valence-corrected chi connectivity index (χ4v) is 4.07. The average molecular weight is 551 g/mol. The van der Waals surface area contributed by atoms with Crippen LogP contribution in [0.2, 0.25) is 0 Å². The van der Waals surface area contributed by atoms with Crippen LogP contribution in [0.3, 0.4) is 0 Å². The molecule has 10 nitrogen and oxygen atoms in total. The topological polar surface area (TPSA) is 133 Å². The molecule has 1 unspecified atom stereocenters. The Morgan fingerprint density at radius 3 is 2.44 bits per heavy atom. The van der Waals surface area contributed by atoms with Crippen LogP contribution in [0, 0.1) is 17.7 Å². The molecule has 1 aromatic rings. The van der Waals surface area contributed by atoms with Gasteiger partial charge in [0, 0.05) is 31.5 Å². The quantitative estimate of drug-likeness (QED) is 0.190. The van der Waals surface area contributed by atoms with Gasteiger partial charge in [-0.05, 0) is 64.0 Å². The standard InChI is InChI=1S/C28H43FN4O6/c1-18(2)24(30)32-26(35)33-13-11-19(12-14-33)8-7-15-38-21-10-9-20(22(29)17-21)16-23(25(34)37-6)31-27(36)39-28(3,4)5/h9-10,17-19,23H,7-8,11-16H2,1-6H3,(H,31,36)(H2,30,32,35). The third-order valence-electron chi connectivity index (χ3n) is 6.35. The number of methoxy groups -OCH3 is 1. The van der Waals surface area contributed by atoms with Gasteiger partial charge < -0.3 is 30.2 Å². The number of amides is 3. The van der Waals surface area contributed by atoms with Gasteiger partial charge in [-0.25, -0.2) is 18.8 Å². The number of carbonyl (C=O) groups is 3. The second kappa shape index (κ2) is 14.7. The zero-order chi connectivity index (χ0) is 29.2. The van der Waals surface area contributed by atoms with Crippen LogP contribution in [0.25, 0.3) is 0 Å². The fraction of sp³-hybridized carbons (Fsp3) is 0.643. The van der Waals surface area contributed by atoms with E-state index in [0.717, 1.165) is 25.7 Å². The molecule has 39 heavy (non-hydrogen) atoms. The first kappa shape index (κ1) is 31.8. The molecule has 0 aromatic heterocycles. The molecule has 0 saturated carbocycles. The van der Waals surface area contributed by atoms with Gasteiger partial charge >= 0.3 is 18.1 Å². The van der Waals surface area contributed by atoms with Crippen molar-refractivity contribution in [2.24, 2.45) is 22.6 Å². The molecule has 1 atom stereocenters. The lowest BCUT2D eigenvalue weighted by Gasteiger charge is -2.30. The van der Waals surface area contributed by atoms with Crippen molar-refractivity contribution in [3.05, 3.63) is 29.6 Å². The smallest absolute Gasteiger partial charge is 0.408 e. The van der Waals surface area contributed by atoms with Gasteiger partial charge in [-0.2, -0.15) is 4.99 Å². The Hall–Kier alpha value is -3.37. The molecule has 218 valence electrons. The number of carbonyl (C=O) groups excluding carboxylic acids is 3. The number of nitrogens with two attached hydrogens (primary N) is 1. The highest BCUT2D eigenvalue weighted by molar-refractivity contribution is 5.93. The molecule has 1 heterocycles. The van der Waals surface area contributed by atoms with Gasteiger partial charge in [0.25, 0.3) is 0 Å². The van der Waals surface area contributed by atoms with Crippen LogP contribution in [-0.4, -0.2) is 67.3 Å². The summed E-state index contributed by atoms with van der Waals surface area (Å²) >= 11 is 0. The Kier molecular flexibility index (Phi) is 12.0. The number of esters is 1. The molecule has 0 bridgehead atoms. The van der Waals surface area contributed by atoms with Gasteiger partial charge in [0.2, 0.25) is 0 Å². The van der Waals surface area contributed by atoms with Gasteiger partial charge in [-0.15, -0.1) is 0 Å². The predicted octanol–water partition coefficient (Wildman–Crippen LogP) is 4.44. The number of amidine groups is 1. The summed E-state index contributed by atoms with van der Waals surface area (Å²) in [6, 6.07) is 3.05. The van der Waals surface area contributed by atoms with Crippen molar-refractivity contribution in [1.82, 2.24) is 10.2 Å². The van der Waals surface area contributed by atoms with E-state index in [1.807, 2.05) is 13.8 Å². The number of piperidine rings is 1. The van der Waals surface area contributed by atoms with E-state index in [9.17, 15) is 18.8 Å². The van der Waals surface area contributed by atoms with Gasteiger partial charge in [0.1, 0.15) is 29.0 Å². The largest absolute Gasteiger partial charge is 0.493 e. The van der Waals surface area contributed by atoms with E-state index in [4.69, 9.17) is 19.9 Å². The van der Waals surface area contributed by atoms with Crippen molar-refractivity contribution >= 4 is 23.9 Å². The molecular weight excluding hydrogens is 507 g/mol. The number of benzene rings is 1. The summed E-state index contributed by atoms with van der Waals surface area (Å²) in [6.45, 7) is 10.6. The van der Waals surface area contributed by atoms with E-state index in [-0.39, 0.29) is 23.9 Å². The Balaban J connectivity index is 1.80. The molecule has 1 fully saturated rings. The van der Waals surface area contributed by atoms with E-state index < -0.39 is 29.5 Å². The monoisotopic (exact) mass is 550 g/mol. The fourth-order valence-electron chi connectivity index (χ4n) is 4.07. The van der Waals surface area contributed by atoms with Crippen molar-refractivity contribution in [2.75, 3.05) is 26.8 Å².